The molecule has 5 nitrogen and oxygen atoms in total. The smallest absolute Gasteiger partial charge is 0.290 e. The lowest BCUT2D eigenvalue weighted by Gasteiger charge is -2.17. The summed E-state index contributed by atoms with van der Waals surface area (Å²) in [6.45, 7) is 0.450. The number of rotatable bonds is 7. The molecular weight excluding hydrogens is 349 g/mol. The monoisotopic (exact) mass is 369 g/mol. The number of methoxy groups -OCH3 is 1. The van der Waals surface area contributed by atoms with Gasteiger partial charge in [-0.3, -0.25) is 4.79 Å². The molecular formula is C21H20FNO4. The molecule has 1 aromatic heterocycles. The first-order valence-corrected chi connectivity index (χ1v) is 8.40. The molecule has 140 valence electrons. The zero-order chi connectivity index (χ0) is 19.2. The highest BCUT2D eigenvalue weighted by atomic mass is 19.1. The number of halogens is 1. The van der Waals surface area contributed by atoms with Gasteiger partial charge in [-0.25, -0.2) is 4.39 Å². The van der Waals surface area contributed by atoms with Gasteiger partial charge in [-0.1, -0.05) is 24.3 Å². The van der Waals surface area contributed by atoms with E-state index in [1.807, 2.05) is 30.3 Å². The molecule has 0 spiro atoms. The summed E-state index contributed by atoms with van der Waals surface area (Å²) in [6.07, 6.45) is 1.46. The summed E-state index contributed by atoms with van der Waals surface area (Å²) < 4.78 is 29.8. The van der Waals surface area contributed by atoms with Gasteiger partial charge in [0, 0.05) is 19.2 Å². The maximum atomic E-state index is 13.8. The Morgan fingerprint density at radius 1 is 1.15 bits per heavy atom. The Morgan fingerprint density at radius 2 is 1.93 bits per heavy atom. The lowest BCUT2D eigenvalue weighted by molar-refractivity contribution is 0.0749. The Labute approximate surface area is 156 Å². The third-order valence-electron chi connectivity index (χ3n) is 4.06. The highest BCUT2D eigenvalue weighted by Gasteiger charge is 2.20. The van der Waals surface area contributed by atoms with Crippen LogP contribution < -0.4 is 9.47 Å². The molecule has 0 aliphatic heterocycles. The van der Waals surface area contributed by atoms with Crippen molar-refractivity contribution in [3.8, 4) is 11.5 Å². The van der Waals surface area contributed by atoms with Crippen LogP contribution in [0.4, 0.5) is 4.39 Å². The number of furan rings is 1. The predicted octanol–water partition coefficient (Wildman–Crippen LogP) is 4.28. The van der Waals surface area contributed by atoms with Crippen molar-refractivity contribution in [2.75, 3.05) is 14.2 Å². The lowest BCUT2D eigenvalue weighted by atomic mass is 10.2. The van der Waals surface area contributed by atoms with E-state index in [1.54, 1.807) is 19.2 Å². The van der Waals surface area contributed by atoms with Crippen molar-refractivity contribution in [3.05, 3.63) is 83.6 Å². The summed E-state index contributed by atoms with van der Waals surface area (Å²) >= 11 is 0. The van der Waals surface area contributed by atoms with Gasteiger partial charge in [0.05, 0.1) is 13.4 Å². The van der Waals surface area contributed by atoms with E-state index >= 15 is 0 Å². The van der Waals surface area contributed by atoms with Crippen LogP contribution in [-0.2, 0) is 13.2 Å². The number of carbonyl (C=O) groups excluding carboxylic acids is 1. The molecule has 0 aliphatic rings. The second kappa shape index (κ2) is 8.40. The van der Waals surface area contributed by atoms with Gasteiger partial charge in [-0.15, -0.1) is 0 Å². The molecule has 6 heteroatoms. The van der Waals surface area contributed by atoms with Crippen molar-refractivity contribution in [2.24, 2.45) is 0 Å². The van der Waals surface area contributed by atoms with Crippen LogP contribution in [0.25, 0.3) is 0 Å². The molecule has 0 atom stereocenters. The normalized spacial score (nSPS) is 10.5. The van der Waals surface area contributed by atoms with Crippen LogP contribution in [0.15, 0.2) is 65.3 Å². The van der Waals surface area contributed by atoms with Gasteiger partial charge in [-0.2, -0.15) is 0 Å². The van der Waals surface area contributed by atoms with E-state index in [1.165, 1.54) is 30.4 Å². The SMILES string of the molecule is COc1ccc(CN(C)C(=O)c2occc2COc2ccccc2)cc1F. The van der Waals surface area contributed by atoms with Gasteiger partial charge in [-0.05, 0) is 35.9 Å². The highest BCUT2D eigenvalue weighted by molar-refractivity contribution is 5.92. The number of carbonyl (C=O) groups is 1. The summed E-state index contributed by atoms with van der Waals surface area (Å²) in [5, 5.41) is 0. The van der Waals surface area contributed by atoms with Crippen LogP contribution in [0.5, 0.6) is 11.5 Å². The molecule has 0 saturated heterocycles. The van der Waals surface area contributed by atoms with E-state index in [9.17, 15) is 9.18 Å². The Bertz CT molecular complexity index is 908. The van der Waals surface area contributed by atoms with Crippen LogP contribution in [0, 0.1) is 5.82 Å². The first-order chi connectivity index (χ1) is 13.1. The lowest BCUT2D eigenvalue weighted by Crippen LogP contribution is -2.26. The predicted molar refractivity (Wildman–Crippen MR) is 98.2 cm³/mol. The molecule has 0 aliphatic carbocycles. The van der Waals surface area contributed by atoms with E-state index in [2.05, 4.69) is 0 Å². The Morgan fingerprint density at radius 3 is 2.63 bits per heavy atom. The number of para-hydroxylation sites is 1. The number of nitrogens with zero attached hydrogens (tertiary/aromatic N) is 1. The van der Waals surface area contributed by atoms with Gasteiger partial charge in [0.1, 0.15) is 12.4 Å². The fraction of sp³-hybridized carbons (Fsp3) is 0.190. The molecule has 1 heterocycles. The van der Waals surface area contributed by atoms with Gasteiger partial charge in [0.25, 0.3) is 5.91 Å². The molecule has 1 amide bonds. The number of benzene rings is 2. The Kier molecular flexibility index (Phi) is 5.76. The maximum Gasteiger partial charge on any atom is 0.290 e. The molecule has 0 saturated carbocycles. The van der Waals surface area contributed by atoms with Gasteiger partial charge in [0.15, 0.2) is 17.3 Å². The van der Waals surface area contributed by atoms with Crippen molar-refractivity contribution in [3.63, 3.8) is 0 Å². The van der Waals surface area contributed by atoms with Crippen LogP contribution in [0.2, 0.25) is 0 Å². The number of hydrogen-bond acceptors (Lipinski definition) is 4. The zero-order valence-corrected chi connectivity index (χ0v) is 15.1. The standard InChI is InChI=1S/C21H20FNO4/c1-23(13-15-8-9-19(25-2)18(22)12-15)21(24)20-16(10-11-26-20)14-27-17-6-4-3-5-7-17/h3-12H,13-14H2,1-2H3. The number of amides is 1. The van der Waals surface area contributed by atoms with Crippen molar-refractivity contribution in [2.45, 2.75) is 13.2 Å². The third-order valence-corrected chi connectivity index (χ3v) is 4.06. The van der Waals surface area contributed by atoms with Gasteiger partial charge in [0.2, 0.25) is 0 Å². The van der Waals surface area contributed by atoms with Crippen LogP contribution >= 0.6 is 0 Å². The average Bonchev–Trinajstić information content (AvgIpc) is 3.15. The molecule has 3 aromatic rings. The second-order valence-electron chi connectivity index (χ2n) is 6.01. The largest absolute Gasteiger partial charge is 0.494 e. The summed E-state index contributed by atoms with van der Waals surface area (Å²) in [6, 6.07) is 15.6. The quantitative estimate of drug-likeness (QED) is 0.624. The van der Waals surface area contributed by atoms with E-state index < -0.39 is 5.82 Å². The fourth-order valence-electron chi connectivity index (χ4n) is 2.64. The molecule has 0 radical (unpaired) electrons. The summed E-state index contributed by atoms with van der Waals surface area (Å²) in [5.74, 6) is 0.314. The van der Waals surface area contributed by atoms with E-state index in [4.69, 9.17) is 13.9 Å². The third kappa shape index (κ3) is 4.47. The molecule has 0 unspecified atom stereocenters. The summed E-state index contributed by atoms with van der Waals surface area (Å²) in [7, 11) is 3.04. The molecule has 0 N–H and O–H groups in total. The van der Waals surface area contributed by atoms with Crippen LogP contribution in [-0.4, -0.2) is 25.0 Å². The minimum Gasteiger partial charge on any atom is -0.494 e. The fourth-order valence-corrected chi connectivity index (χ4v) is 2.64. The molecule has 3 rings (SSSR count). The van der Waals surface area contributed by atoms with Crippen LogP contribution in [0.1, 0.15) is 21.7 Å². The van der Waals surface area contributed by atoms with E-state index in [-0.39, 0.29) is 30.6 Å². The Balaban J connectivity index is 1.67. The average molecular weight is 369 g/mol. The summed E-state index contributed by atoms with van der Waals surface area (Å²) in [5.41, 5.74) is 1.30. The van der Waals surface area contributed by atoms with E-state index in [0.29, 0.717) is 16.9 Å². The van der Waals surface area contributed by atoms with Crippen molar-refractivity contribution in [1.82, 2.24) is 4.90 Å². The van der Waals surface area contributed by atoms with Crippen LogP contribution in [0.3, 0.4) is 0 Å². The Hall–Kier alpha value is -3.28. The maximum absolute atomic E-state index is 13.8. The van der Waals surface area contributed by atoms with Gasteiger partial charge >= 0.3 is 0 Å². The molecule has 2 aromatic carbocycles. The highest BCUT2D eigenvalue weighted by Crippen LogP contribution is 2.20. The van der Waals surface area contributed by atoms with Gasteiger partial charge < -0.3 is 18.8 Å². The van der Waals surface area contributed by atoms with Crippen molar-refractivity contribution >= 4 is 5.91 Å². The minimum atomic E-state index is -0.467. The van der Waals surface area contributed by atoms with Crippen molar-refractivity contribution < 1.29 is 23.1 Å². The van der Waals surface area contributed by atoms with Crippen molar-refractivity contribution in [1.29, 1.82) is 0 Å². The number of ether oxygens (including phenoxy) is 2. The molecule has 0 fully saturated rings. The minimum absolute atomic E-state index is 0.166. The zero-order valence-electron chi connectivity index (χ0n) is 15.1. The topological polar surface area (TPSA) is 51.9 Å². The second-order valence-corrected chi connectivity index (χ2v) is 6.01. The summed E-state index contributed by atoms with van der Waals surface area (Å²) in [4.78, 5) is 14.2. The molecule has 27 heavy (non-hydrogen) atoms. The molecule has 0 bridgehead atoms. The first-order valence-electron chi connectivity index (χ1n) is 8.40. The van der Waals surface area contributed by atoms with E-state index in [0.717, 1.165) is 0 Å². The number of hydrogen-bond donors (Lipinski definition) is 0. The first kappa shape index (κ1) is 18.5.